The number of aromatic nitrogens is 2. The van der Waals surface area contributed by atoms with E-state index in [4.69, 9.17) is 4.74 Å². The maximum Gasteiger partial charge on any atom is 0.191 e. The highest BCUT2D eigenvalue weighted by Gasteiger charge is 2.21. The van der Waals surface area contributed by atoms with Gasteiger partial charge in [0, 0.05) is 62.8 Å². The summed E-state index contributed by atoms with van der Waals surface area (Å²) in [4.78, 5) is 6.83. The van der Waals surface area contributed by atoms with E-state index in [2.05, 4.69) is 44.7 Å². The summed E-state index contributed by atoms with van der Waals surface area (Å²) in [6.45, 7) is 6.87. The molecule has 2 N–H and O–H groups in total. The number of anilines is 1. The molecular weight excluding hydrogens is 352 g/mol. The zero-order chi connectivity index (χ0) is 20.1. The van der Waals surface area contributed by atoms with Crippen molar-refractivity contribution >= 4 is 11.6 Å². The molecule has 2 heterocycles. The molecule has 1 aliphatic rings. The Kier molecular flexibility index (Phi) is 6.44. The van der Waals surface area contributed by atoms with E-state index < -0.39 is 0 Å². The van der Waals surface area contributed by atoms with Crippen LogP contribution in [-0.4, -0.2) is 49.0 Å². The fourth-order valence-corrected chi connectivity index (χ4v) is 3.77. The molecule has 1 saturated heterocycles. The number of benzene rings is 1. The molecule has 1 aromatic carbocycles. The number of aliphatic imine (C=N–C) groups is 1. The van der Waals surface area contributed by atoms with Gasteiger partial charge in [-0.2, -0.15) is 5.10 Å². The van der Waals surface area contributed by atoms with Gasteiger partial charge in [0.25, 0.3) is 0 Å². The molecule has 1 fully saturated rings. The minimum absolute atomic E-state index is 0.349. The van der Waals surface area contributed by atoms with Crippen LogP contribution in [0.1, 0.15) is 29.8 Å². The summed E-state index contributed by atoms with van der Waals surface area (Å²) in [6, 6.07) is 8.62. The second kappa shape index (κ2) is 8.99. The Balaban J connectivity index is 1.59. The third kappa shape index (κ3) is 4.58. The van der Waals surface area contributed by atoms with E-state index in [1.165, 1.54) is 16.9 Å². The molecule has 2 aromatic rings. The average molecular weight is 385 g/mol. The second-order valence-corrected chi connectivity index (χ2v) is 7.33. The molecule has 7 nitrogen and oxygen atoms in total. The van der Waals surface area contributed by atoms with Gasteiger partial charge in [-0.3, -0.25) is 9.67 Å². The van der Waals surface area contributed by atoms with Crippen molar-refractivity contribution in [1.29, 1.82) is 0 Å². The van der Waals surface area contributed by atoms with Gasteiger partial charge in [-0.15, -0.1) is 0 Å². The summed E-state index contributed by atoms with van der Waals surface area (Å²) in [6.07, 6.45) is 2.28. The van der Waals surface area contributed by atoms with E-state index in [-0.39, 0.29) is 0 Å². The number of rotatable bonds is 5. The first kappa shape index (κ1) is 20.0. The van der Waals surface area contributed by atoms with E-state index >= 15 is 0 Å². The zero-order valence-electron chi connectivity index (χ0n) is 17.6. The van der Waals surface area contributed by atoms with E-state index in [1.807, 2.05) is 37.8 Å². The van der Waals surface area contributed by atoms with Gasteiger partial charge in [0.05, 0.1) is 12.8 Å². The first-order valence-corrected chi connectivity index (χ1v) is 9.87. The SMILES string of the molecule is CN=C(NCc1c(C)nn(C)c1C)NC1CCCN(c2cccc(OC)c2)C1. The van der Waals surface area contributed by atoms with Crippen LogP contribution in [0.25, 0.3) is 0 Å². The van der Waals surface area contributed by atoms with Crippen molar-refractivity contribution in [3.05, 3.63) is 41.2 Å². The predicted molar refractivity (Wildman–Crippen MR) is 114 cm³/mol. The first-order chi connectivity index (χ1) is 13.5. The number of hydrogen-bond acceptors (Lipinski definition) is 4. The predicted octanol–water partition coefficient (Wildman–Crippen LogP) is 2.38. The van der Waals surface area contributed by atoms with Crippen LogP contribution in [-0.2, 0) is 13.6 Å². The minimum Gasteiger partial charge on any atom is -0.497 e. The van der Waals surface area contributed by atoms with Crippen LogP contribution in [0.2, 0.25) is 0 Å². The van der Waals surface area contributed by atoms with Crippen molar-refractivity contribution < 1.29 is 4.74 Å². The third-order valence-corrected chi connectivity index (χ3v) is 5.50. The van der Waals surface area contributed by atoms with Gasteiger partial charge in [-0.25, -0.2) is 0 Å². The lowest BCUT2D eigenvalue weighted by Crippen LogP contribution is -2.51. The molecule has 3 rings (SSSR count). The van der Waals surface area contributed by atoms with Gasteiger partial charge in [0.1, 0.15) is 5.75 Å². The lowest BCUT2D eigenvalue weighted by atomic mass is 10.0. The molecule has 7 heteroatoms. The maximum absolute atomic E-state index is 5.37. The molecular formula is C21H32N6O. The fourth-order valence-electron chi connectivity index (χ4n) is 3.77. The van der Waals surface area contributed by atoms with Crippen LogP contribution in [0.3, 0.4) is 0 Å². The maximum atomic E-state index is 5.37. The van der Waals surface area contributed by atoms with Crippen molar-refractivity contribution in [2.75, 3.05) is 32.1 Å². The summed E-state index contributed by atoms with van der Waals surface area (Å²) in [5.41, 5.74) is 4.68. The Morgan fingerprint density at radius 1 is 1.36 bits per heavy atom. The minimum atomic E-state index is 0.349. The summed E-state index contributed by atoms with van der Waals surface area (Å²) in [5.74, 6) is 1.73. The van der Waals surface area contributed by atoms with E-state index in [1.54, 1.807) is 7.11 Å². The molecule has 1 aliphatic heterocycles. The summed E-state index contributed by atoms with van der Waals surface area (Å²) in [7, 11) is 5.51. The van der Waals surface area contributed by atoms with E-state index in [0.717, 1.165) is 49.9 Å². The van der Waals surface area contributed by atoms with Crippen molar-refractivity contribution in [2.24, 2.45) is 12.0 Å². The van der Waals surface area contributed by atoms with Crippen molar-refractivity contribution in [3.63, 3.8) is 0 Å². The number of hydrogen-bond donors (Lipinski definition) is 2. The number of piperidine rings is 1. The van der Waals surface area contributed by atoms with Gasteiger partial charge in [0.2, 0.25) is 0 Å². The van der Waals surface area contributed by atoms with Gasteiger partial charge >= 0.3 is 0 Å². The molecule has 0 spiro atoms. The summed E-state index contributed by atoms with van der Waals surface area (Å²) < 4.78 is 7.30. The van der Waals surface area contributed by atoms with Crippen LogP contribution in [0.15, 0.2) is 29.3 Å². The van der Waals surface area contributed by atoms with Crippen LogP contribution in [0.5, 0.6) is 5.75 Å². The summed E-state index contributed by atoms with van der Waals surface area (Å²) in [5, 5.41) is 11.5. The van der Waals surface area contributed by atoms with Gasteiger partial charge < -0.3 is 20.3 Å². The highest BCUT2D eigenvalue weighted by Crippen LogP contribution is 2.24. The van der Waals surface area contributed by atoms with Crippen molar-refractivity contribution in [2.45, 2.75) is 39.3 Å². The second-order valence-electron chi connectivity index (χ2n) is 7.33. The Hall–Kier alpha value is -2.70. The third-order valence-electron chi connectivity index (χ3n) is 5.50. The number of nitrogens with zero attached hydrogens (tertiary/aromatic N) is 4. The Morgan fingerprint density at radius 3 is 2.86 bits per heavy atom. The Bertz CT molecular complexity index is 828. The molecule has 0 bridgehead atoms. The monoisotopic (exact) mass is 384 g/mol. The molecule has 152 valence electrons. The quantitative estimate of drug-likeness (QED) is 0.612. The molecule has 1 aromatic heterocycles. The van der Waals surface area contributed by atoms with E-state index in [9.17, 15) is 0 Å². The molecule has 0 saturated carbocycles. The summed E-state index contributed by atoms with van der Waals surface area (Å²) >= 11 is 0. The molecule has 1 atom stereocenters. The van der Waals surface area contributed by atoms with Crippen LogP contribution >= 0.6 is 0 Å². The first-order valence-electron chi connectivity index (χ1n) is 9.87. The molecule has 0 radical (unpaired) electrons. The van der Waals surface area contributed by atoms with Crippen LogP contribution in [0.4, 0.5) is 5.69 Å². The zero-order valence-corrected chi connectivity index (χ0v) is 17.6. The average Bonchev–Trinajstić information content (AvgIpc) is 2.96. The topological polar surface area (TPSA) is 66.7 Å². The molecule has 1 unspecified atom stereocenters. The lowest BCUT2D eigenvalue weighted by molar-refractivity contribution is 0.414. The highest BCUT2D eigenvalue weighted by molar-refractivity contribution is 5.80. The molecule has 0 amide bonds. The fraction of sp³-hybridized carbons (Fsp3) is 0.524. The largest absolute Gasteiger partial charge is 0.497 e. The standard InChI is InChI=1S/C21H32N6O/c1-15-20(16(2)26(4)25-15)13-23-21(22-3)24-17-8-7-11-27(14-17)18-9-6-10-19(12-18)28-5/h6,9-10,12,17H,7-8,11,13-14H2,1-5H3,(H2,22,23,24). The van der Waals surface area contributed by atoms with E-state index in [0.29, 0.717) is 6.04 Å². The normalized spacial score (nSPS) is 17.5. The van der Waals surface area contributed by atoms with Crippen molar-refractivity contribution in [3.8, 4) is 5.75 Å². The Morgan fingerprint density at radius 2 is 2.18 bits per heavy atom. The van der Waals surface area contributed by atoms with Crippen LogP contribution < -0.4 is 20.3 Å². The van der Waals surface area contributed by atoms with Crippen LogP contribution in [0, 0.1) is 13.8 Å². The number of nitrogens with one attached hydrogen (secondary N) is 2. The number of ether oxygens (including phenoxy) is 1. The number of guanidine groups is 1. The lowest BCUT2D eigenvalue weighted by Gasteiger charge is -2.35. The van der Waals surface area contributed by atoms with Gasteiger partial charge in [0.15, 0.2) is 5.96 Å². The molecule has 28 heavy (non-hydrogen) atoms. The Labute approximate surface area is 167 Å². The van der Waals surface area contributed by atoms with Crippen molar-refractivity contribution in [1.82, 2.24) is 20.4 Å². The van der Waals surface area contributed by atoms with Gasteiger partial charge in [-0.1, -0.05) is 6.07 Å². The smallest absolute Gasteiger partial charge is 0.191 e. The molecule has 0 aliphatic carbocycles. The van der Waals surface area contributed by atoms with Gasteiger partial charge in [-0.05, 0) is 38.8 Å². The number of aryl methyl sites for hydroxylation is 2. The highest BCUT2D eigenvalue weighted by atomic mass is 16.5. The number of methoxy groups -OCH3 is 1.